The summed E-state index contributed by atoms with van der Waals surface area (Å²) in [5.74, 6) is 0.947. The highest BCUT2D eigenvalue weighted by Gasteiger charge is 2.25. The van der Waals surface area contributed by atoms with Crippen LogP contribution in [0.1, 0.15) is 48.2 Å². The topological polar surface area (TPSA) is 70.7 Å². The van der Waals surface area contributed by atoms with E-state index in [-0.39, 0.29) is 24.1 Å². The lowest BCUT2D eigenvalue weighted by Gasteiger charge is -2.32. The lowest BCUT2D eigenvalue weighted by molar-refractivity contribution is 0.0594. The van der Waals surface area contributed by atoms with Gasteiger partial charge in [0.05, 0.1) is 0 Å². The van der Waals surface area contributed by atoms with E-state index in [1.807, 2.05) is 18.7 Å². The van der Waals surface area contributed by atoms with Crippen LogP contribution in [0.5, 0.6) is 5.75 Å². The van der Waals surface area contributed by atoms with Crippen LogP contribution in [0.25, 0.3) is 0 Å². The van der Waals surface area contributed by atoms with Crippen molar-refractivity contribution in [2.45, 2.75) is 52.7 Å². The summed E-state index contributed by atoms with van der Waals surface area (Å²) in [6, 6.07) is 13.1. The molecule has 1 fully saturated rings. The number of anilines is 1. The van der Waals surface area contributed by atoms with Crippen molar-refractivity contribution < 1.29 is 14.3 Å². The molecule has 1 heterocycles. The van der Waals surface area contributed by atoms with E-state index in [1.165, 1.54) is 5.56 Å². The fourth-order valence-corrected chi connectivity index (χ4v) is 3.50. The highest BCUT2D eigenvalue weighted by atomic mass is 16.5. The predicted octanol–water partition coefficient (Wildman–Crippen LogP) is 4.52. The number of likely N-dealkylation sites (tertiary alicyclic amines) is 1. The number of carbonyl (C=O) groups is 2. The maximum atomic E-state index is 12.8. The average molecular weight is 410 g/mol. The highest BCUT2D eigenvalue weighted by Crippen LogP contribution is 2.24. The van der Waals surface area contributed by atoms with Gasteiger partial charge in [0.2, 0.25) is 0 Å². The molecule has 0 atom stereocenters. The number of aryl methyl sites for hydroxylation is 2. The van der Waals surface area contributed by atoms with Crippen molar-refractivity contribution in [2.24, 2.45) is 0 Å². The van der Waals surface area contributed by atoms with Gasteiger partial charge < -0.3 is 20.3 Å². The number of benzene rings is 2. The Bertz CT molecular complexity index is 885. The Balaban J connectivity index is 1.52. The van der Waals surface area contributed by atoms with Crippen LogP contribution in [-0.4, -0.2) is 42.1 Å². The minimum atomic E-state index is -0.255. The van der Waals surface area contributed by atoms with E-state index >= 15 is 0 Å². The van der Waals surface area contributed by atoms with Crippen LogP contribution in [0.3, 0.4) is 0 Å². The molecule has 6 heteroatoms. The van der Waals surface area contributed by atoms with Gasteiger partial charge in [-0.2, -0.15) is 0 Å². The molecule has 3 rings (SSSR count). The summed E-state index contributed by atoms with van der Waals surface area (Å²) in [4.78, 5) is 26.5. The fraction of sp³-hybridized carbons (Fsp3) is 0.417. The molecule has 0 radical (unpaired) electrons. The van der Waals surface area contributed by atoms with Gasteiger partial charge in [0, 0.05) is 43.2 Å². The van der Waals surface area contributed by atoms with Gasteiger partial charge in [0.15, 0.2) is 0 Å². The summed E-state index contributed by atoms with van der Waals surface area (Å²) in [6.07, 6.45) is 1.75. The molecule has 0 saturated carbocycles. The van der Waals surface area contributed by atoms with E-state index in [0.717, 1.165) is 24.2 Å². The lowest BCUT2D eigenvalue weighted by Crippen LogP contribution is -2.41. The van der Waals surface area contributed by atoms with E-state index in [4.69, 9.17) is 4.74 Å². The van der Waals surface area contributed by atoms with Crippen molar-refractivity contribution in [3.63, 3.8) is 0 Å². The lowest BCUT2D eigenvalue weighted by atomic mass is 10.1. The first kappa shape index (κ1) is 21.7. The summed E-state index contributed by atoms with van der Waals surface area (Å²) in [6.45, 7) is 9.26. The van der Waals surface area contributed by atoms with Crippen LogP contribution in [0.15, 0.2) is 42.5 Å². The molecule has 0 aliphatic carbocycles. The summed E-state index contributed by atoms with van der Waals surface area (Å²) in [5.41, 5.74) is 3.60. The summed E-state index contributed by atoms with van der Waals surface area (Å²) < 4.78 is 6.20. The van der Waals surface area contributed by atoms with Gasteiger partial charge >= 0.3 is 6.03 Å². The van der Waals surface area contributed by atoms with Crippen LogP contribution in [-0.2, 0) is 0 Å². The van der Waals surface area contributed by atoms with E-state index < -0.39 is 0 Å². The molecule has 30 heavy (non-hydrogen) atoms. The third kappa shape index (κ3) is 5.75. The van der Waals surface area contributed by atoms with Crippen molar-refractivity contribution in [3.8, 4) is 5.75 Å². The Kier molecular flexibility index (Phi) is 6.98. The number of ether oxygens (including phenoxy) is 1. The number of urea groups is 1. The number of nitrogens with zero attached hydrogens (tertiary/aromatic N) is 1. The molecule has 1 aliphatic heterocycles. The Morgan fingerprint density at radius 1 is 1.03 bits per heavy atom. The molecule has 2 aromatic rings. The molecule has 2 aromatic carbocycles. The third-order valence-electron chi connectivity index (χ3n) is 5.18. The van der Waals surface area contributed by atoms with Gasteiger partial charge in [-0.1, -0.05) is 12.1 Å². The van der Waals surface area contributed by atoms with E-state index in [9.17, 15) is 9.59 Å². The first-order chi connectivity index (χ1) is 14.3. The number of hydrogen-bond donors (Lipinski definition) is 2. The molecular weight excluding hydrogens is 378 g/mol. The van der Waals surface area contributed by atoms with Gasteiger partial charge in [-0.25, -0.2) is 4.79 Å². The molecule has 0 spiro atoms. The molecule has 2 N–H and O–H groups in total. The van der Waals surface area contributed by atoms with Gasteiger partial charge in [-0.3, -0.25) is 4.79 Å². The van der Waals surface area contributed by atoms with Crippen molar-refractivity contribution in [2.75, 3.05) is 18.4 Å². The van der Waals surface area contributed by atoms with Crippen LogP contribution in [0.2, 0.25) is 0 Å². The number of hydrogen-bond acceptors (Lipinski definition) is 3. The van der Waals surface area contributed by atoms with Crippen molar-refractivity contribution >= 4 is 17.6 Å². The molecule has 0 unspecified atom stereocenters. The van der Waals surface area contributed by atoms with Crippen LogP contribution >= 0.6 is 0 Å². The zero-order valence-corrected chi connectivity index (χ0v) is 18.2. The second kappa shape index (κ2) is 9.65. The zero-order chi connectivity index (χ0) is 21.7. The number of piperidine rings is 1. The highest BCUT2D eigenvalue weighted by molar-refractivity contribution is 5.95. The molecule has 3 amide bonds. The molecule has 0 aromatic heterocycles. The fourth-order valence-electron chi connectivity index (χ4n) is 3.50. The molecule has 1 aliphatic rings. The maximum Gasteiger partial charge on any atom is 0.319 e. The van der Waals surface area contributed by atoms with Gasteiger partial charge in [-0.15, -0.1) is 0 Å². The molecule has 160 valence electrons. The van der Waals surface area contributed by atoms with E-state index in [0.29, 0.717) is 24.3 Å². The van der Waals surface area contributed by atoms with Crippen molar-refractivity contribution in [1.29, 1.82) is 0 Å². The Morgan fingerprint density at radius 2 is 1.70 bits per heavy atom. The number of rotatable bonds is 5. The minimum absolute atomic E-state index is 0.0124. The first-order valence-corrected chi connectivity index (χ1v) is 10.5. The normalized spacial score (nSPS) is 14.5. The second-order valence-electron chi connectivity index (χ2n) is 8.21. The summed E-state index contributed by atoms with van der Waals surface area (Å²) >= 11 is 0. The van der Waals surface area contributed by atoms with Crippen LogP contribution in [0.4, 0.5) is 10.5 Å². The van der Waals surface area contributed by atoms with Gasteiger partial charge in [0.25, 0.3) is 5.91 Å². The largest absolute Gasteiger partial charge is 0.490 e. The standard InChI is InChI=1S/C24H31N3O3/c1-16(2)25-24(29)26-20-9-7-19(8-10-20)23(28)27-13-11-21(12-14-27)30-22-15-17(3)5-6-18(22)4/h5-10,15-16,21H,11-14H2,1-4H3,(H2,25,26,29). The average Bonchev–Trinajstić information content (AvgIpc) is 2.71. The molecule has 0 bridgehead atoms. The molecular formula is C24H31N3O3. The Hall–Kier alpha value is -3.02. The van der Waals surface area contributed by atoms with Crippen LogP contribution in [0, 0.1) is 13.8 Å². The zero-order valence-electron chi connectivity index (χ0n) is 18.2. The summed E-state index contributed by atoms with van der Waals surface area (Å²) in [7, 11) is 0. The smallest absolute Gasteiger partial charge is 0.319 e. The monoisotopic (exact) mass is 409 g/mol. The Morgan fingerprint density at radius 3 is 2.33 bits per heavy atom. The summed E-state index contributed by atoms with van der Waals surface area (Å²) in [5, 5.41) is 5.54. The van der Waals surface area contributed by atoms with Gasteiger partial charge in [0.1, 0.15) is 11.9 Å². The Labute approximate surface area is 178 Å². The van der Waals surface area contributed by atoms with E-state index in [2.05, 4.69) is 42.7 Å². The quantitative estimate of drug-likeness (QED) is 0.763. The van der Waals surface area contributed by atoms with Crippen molar-refractivity contribution in [1.82, 2.24) is 10.2 Å². The third-order valence-corrected chi connectivity index (χ3v) is 5.18. The number of nitrogens with one attached hydrogen (secondary N) is 2. The van der Waals surface area contributed by atoms with Crippen LogP contribution < -0.4 is 15.4 Å². The maximum absolute atomic E-state index is 12.8. The van der Waals surface area contributed by atoms with Gasteiger partial charge in [-0.05, 0) is 69.2 Å². The number of amides is 3. The predicted molar refractivity (Wildman–Crippen MR) is 119 cm³/mol. The minimum Gasteiger partial charge on any atom is -0.490 e. The molecule has 1 saturated heterocycles. The van der Waals surface area contributed by atoms with Crippen molar-refractivity contribution in [3.05, 3.63) is 59.2 Å². The molecule has 6 nitrogen and oxygen atoms in total. The number of carbonyl (C=O) groups excluding carboxylic acids is 2. The van der Waals surface area contributed by atoms with E-state index in [1.54, 1.807) is 24.3 Å². The SMILES string of the molecule is Cc1ccc(C)c(OC2CCN(C(=O)c3ccc(NC(=O)NC(C)C)cc3)CC2)c1. The second-order valence-corrected chi connectivity index (χ2v) is 8.21. The first-order valence-electron chi connectivity index (χ1n) is 10.5.